The first-order valence-electron chi connectivity index (χ1n) is 4.98. The van der Waals surface area contributed by atoms with Crippen LogP contribution in [0.25, 0.3) is 0 Å². The summed E-state index contributed by atoms with van der Waals surface area (Å²) in [5, 5.41) is 11.3. The molecule has 16 heavy (non-hydrogen) atoms. The average molecular weight is 213 g/mol. The van der Waals surface area contributed by atoms with Crippen molar-refractivity contribution in [3.8, 4) is 0 Å². The molecule has 0 unspecified atom stereocenters. The zero-order valence-electron chi connectivity index (χ0n) is 8.88. The van der Waals surface area contributed by atoms with Crippen LogP contribution in [0.3, 0.4) is 0 Å². The van der Waals surface area contributed by atoms with Gasteiger partial charge in [0.15, 0.2) is 17.7 Å². The summed E-state index contributed by atoms with van der Waals surface area (Å²) in [6, 6.07) is 12.2. The fourth-order valence-corrected chi connectivity index (χ4v) is 1.45. The van der Waals surface area contributed by atoms with Crippen LogP contribution in [0.1, 0.15) is 21.6 Å². The van der Waals surface area contributed by atoms with Crippen LogP contribution < -0.4 is 4.73 Å². The zero-order valence-corrected chi connectivity index (χ0v) is 8.88. The molecule has 0 aliphatic heterocycles. The van der Waals surface area contributed by atoms with Gasteiger partial charge in [-0.3, -0.25) is 4.79 Å². The van der Waals surface area contributed by atoms with Crippen LogP contribution in [0.5, 0.6) is 0 Å². The Hall–Kier alpha value is -2.16. The zero-order chi connectivity index (χ0) is 11.5. The Balaban J connectivity index is 2.39. The molecule has 1 heterocycles. The maximum absolute atomic E-state index is 12.0. The van der Waals surface area contributed by atoms with Crippen molar-refractivity contribution >= 4 is 5.78 Å². The highest BCUT2D eigenvalue weighted by molar-refractivity contribution is 6.08. The Morgan fingerprint density at radius 2 is 1.75 bits per heavy atom. The second-order valence-electron chi connectivity index (χ2n) is 3.58. The molecule has 0 saturated carbocycles. The lowest BCUT2D eigenvalue weighted by atomic mass is 10.1. The molecule has 0 amide bonds. The number of hydrogen-bond donors (Lipinski definition) is 0. The second-order valence-corrected chi connectivity index (χ2v) is 3.58. The smallest absolute Gasteiger partial charge is 0.199 e. The van der Waals surface area contributed by atoms with Crippen LogP contribution in [-0.4, -0.2) is 5.78 Å². The molecule has 0 N–H and O–H groups in total. The number of pyridine rings is 1. The van der Waals surface area contributed by atoms with Crippen LogP contribution in [0.15, 0.2) is 48.7 Å². The van der Waals surface area contributed by atoms with Gasteiger partial charge in [-0.2, -0.15) is 4.73 Å². The van der Waals surface area contributed by atoms with E-state index >= 15 is 0 Å². The fraction of sp³-hybridized carbons (Fsp3) is 0.0769. The lowest BCUT2D eigenvalue weighted by Crippen LogP contribution is -2.30. The summed E-state index contributed by atoms with van der Waals surface area (Å²) in [6.45, 7) is 1.70. The topological polar surface area (TPSA) is 44.0 Å². The van der Waals surface area contributed by atoms with E-state index in [0.29, 0.717) is 21.6 Å². The summed E-state index contributed by atoms with van der Waals surface area (Å²) >= 11 is 0. The minimum absolute atomic E-state index is 0.134. The van der Waals surface area contributed by atoms with Crippen molar-refractivity contribution in [3.63, 3.8) is 0 Å². The third kappa shape index (κ3) is 1.93. The van der Waals surface area contributed by atoms with Gasteiger partial charge < -0.3 is 5.21 Å². The minimum atomic E-state index is -0.134. The van der Waals surface area contributed by atoms with Crippen LogP contribution in [-0.2, 0) is 0 Å². The predicted octanol–water partition coefficient (Wildman–Crippen LogP) is 1.86. The van der Waals surface area contributed by atoms with Crippen molar-refractivity contribution in [1.82, 2.24) is 0 Å². The molecule has 3 heteroatoms. The van der Waals surface area contributed by atoms with E-state index in [9.17, 15) is 10.0 Å². The van der Waals surface area contributed by atoms with Crippen LogP contribution in [0.2, 0.25) is 0 Å². The lowest BCUT2D eigenvalue weighted by molar-refractivity contribution is -0.612. The molecule has 80 valence electrons. The molecule has 2 rings (SSSR count). The summed E-state index contributed by atoms with van der Waals surface area (Å²) in [5.41, 5.74) is 1.57. The van der Waals surface area contributed by atoms with Crippen molar-refractivity contribution in [2.45, 2.75) is 6.92 Å². The first-order chi connectivity index (χ1) is 7.68. The van der Waals surface area contributed by atoms with E-state index in [1.807, 2.05) is 6.07 Å². The van der Waals surface area contributed by atoms with Gasteiger partial charge >= 0.3 is 0 Å². The van der Waals surface area contributed by atoms with Gasteiger partial charge in [-0.25, -0.2) is 0 Å². The summed E-state index contributed by atoms with van der Waals surface area (Å²) in [5.74, 6) is -0.134. The normalized spacial score (nSPS) is 10.1. The van der Waals surface area contributed by atoms with Crippen LogP contribution >= 0.6 is 0 Å². The number of aromatic nitrogens is 1. The highest BCUT2D eigenvalue weighted by Gasteiger charge is 2.12. The van der Waals surface area contributed by atoms with Crippen molar-refractivity contribution in [3.05, 3.63) is 70.7 Å². The number of carbonyl (C=O) groups excluding carboxylic acids is 1. The Kier molecular flexibility index (Phi) is 2.68. The number of nitrogens with zero attached hydrogens (tertiary/aromatic N) is 1. The molecule has 0 atom stereocenters. The molecular formula is C13H11NO2. The Labute approximate surface area is 93.6 Å². The first kappa shape index (κ1) is 10.4. The molecular weight excluding hydrogens is 202 g/mol. The molecule has 0 aliphatic carbocycles. The van der Waals surface area contributed by atoms with Gasteiger partial charge in [0.25, 0.3) is 0 Å². The van der Waals surface area contributed by atoms with Crippen molar-refractivity contribution in [2.24, 2.45) is 0 Å². The van der Waals surface area contributed by atoms with Crippen LogP contribution in [0, 0.1) is 12.1 Å². The largest absolute Gasteiger partial charge is 0.618 e. The predicted molar refractivity (Wildman–Crippen MR) is 60.0 cm³/mol. The SMILES string of the molecule is Cc1ccc(C(=O)c2ccccc2)c[n+]1[O-]. The van der Waals surface area contributed by atoms with E-state index in [0.717, 1.165) is 0 Å². The lowest BCUT2D eigenvalue weighted by Gasteiger charge is -2.03. The third-order valence-corrected chi connectivity index (χ3v) is 2.41. The van der Waals surface area contributed by atoms with Gasteiger partial charge in [0, 0.05) is 18.6 Å². The number of ketones is 1. The summed E-state index contributed by atoms with van der Waals surface area (Å²) < 4.78 is 0.705. The van der Waals surface area contributed by atoms with Gasteiger partial charge in [-0.1, -0.05) is 30.3 Å². The number of aryl methyl sites for hydroxylation is 1. The van der Waals surface area contributed by atoms with Crippen molar-refractivity contribution in [2.75, 3.05) is 0 Å². The van der Waals surface area contributed by atoms with Gasteiger partial charge in [-0.15, -0.1) is 0 Å². The summed E-state index contributed by atoms with van der Waals surface area (Å²) in [7, 11) is 0. The Morgan fingerprint density at radius 3 is 2.38 bits per heavy atom. The highest BCUT2D eigenvalue weighted by atomic mass is 16.5. The second kappa shape index (κ2) is 4.14. The standard InChI is InChI=1S/C13H11NO2/c1-10-7-8-12(9-14(10)16)13(15)11-5-3-2-4-6-11/h2-9H,1H3. The number of hydrogen-bond acceptors (Lipinski definition) is 2. The molecule has 1 aromatic heterocycles. The van der Waals surface area contributed by atoms with Crippen LogP contribution in [0.4, 0.5) is 0 Å². The van der Waals surface area contributed by atoms with E-state index in [4.69, 9.17) is 0 Å². The highest BCUT2D eigenvalue weighted by Crippen LogP contribution is 2.08. The molecule has 1 aromatic carbocycles. The molecule has 2 aromatic rings. The maximum atomic E-state index is 12.0. The first-order valence-corrected chi connectivity index (χ1v) is 4.98. The maximum Gasteiger partial charge on any atom is 0.199 e. The van der Waals surface area contributed by atoms with E-state index in [1.54, 1.807) is 43.3 Å². The number of rotatable bonds is 2. The van der Waals surface area contributed by atoms with E-state index < -0.39 is 0 Å². The average Bonchev–Trinajstić information content (AvgIpc) is 2.33. The molecule has 0 spiro atoms. The monoisotopic (exact) mass is 213 g/mol. The fourth-order valence-electron chi connectivity index (χ4n) is 1.45. The molecule has 0 fully saturated rings. The molecule has 0 bridgehead atoms. The summed E-state index contributed by atoms with van der Waals surface area (Å²) in [6.07, 6.45) is 1.31. The van der Waals surface area contributed by atoms with Gasteiger partial charge in [0.1, 0.15) is 0 Å². The van der Waals surface area contributed by atoms with Gasteiger partial charge in [0.05, 0.1) is 5.56 Å². The number of benzene rings is 1. The molecule has 0 aliphatic rings. The van der Waals surface area contributed by atoms with E-state index in [-0.39, 0.29) is 5.78 Å². The quantitative estimate of drug-likeness (QED) is 0.434. The van der Waals surface area contributed by atoms with E-state index in [1.165, 1.54) is 6.20 Å². The summed E-state index contributed by atoms with van der Waals surface area (Å²) in [4.78, 5) is 12.0. The van der Waals surface area contributed by atoms with E-state index in [2.05, 4.69) is 0 Å². The van der Waals surface area contributed by atoms with Gasteiger partial charge in [0.2, 0.25) is 0 Å². The molecule has 0 radical (unpaired) electrons. The van der Waals surface area contributed by atoms with Crippen molar-refractivity contribution in [1.29, 1.82) is 0 Å². The Bertz CT molecular complexity index is 521. The molecule has 0 saturated heterocycles. The third-order valence-electron chi connectivity index (χ3n) is 2.41. The van der Waals surface area contributed by atoms with Crippen molar-refractivity contribution < 1.29 is 9.52 Å². The van der Waals surface area contributed by atoms with Gasteiger partial charge in [-0.05, 0) is 6.07 Å². The Morgan fingerprint density at radius 1 is 1.06 bits per heavy atom. The molecule has 3 nitrogen and oxygen atoms in total. The minimum Gasteiger partial charge on any atom is -0.618 e. The number of carbonyl (C=O) groups is 1.